The van der Waals surface area contributed by atoms with Gasteiger partial charge in [0.2, 0.25) is 0 Å². The predicted octanol–water partition coefficient (Wildman–Crippen LogP) is -2.39. The molecule has 1 fully saturated rings. The Morgan fingerprint density at radius 2 is 1.64 bits per heavy atom. The average molecular weight is 556 g/mol. The summed E-state index contributed by atoms with van der Waals surface area (Å²) in [6.07, 6.45) is -3.69. The molecule has 1 aliphatic rings. The number of hydrogen-bond donors (Lipinski definition) is 7. The third-order valence-corrected chi connectivity index (χ3v) is 7.62. The van der Waals surface area contributed by atoms with Crippen LogP contribution in [0.15, 0.2) is 12.7 Å². The second-order valence-corrected chi connectivity index (χ2v) is 10.4. The van der Waals surface area contributed by atoms with Crippen LogP contribution < -0.4 is 5.73 Å². The SMILES string of the molecule is Nc1ncnc2c1ncn2[C@@H]1O[C@H](COP(=O)(O)OP(=O)(O)OP(=O)(O)O)[C@@H](O)[C@H]1O.[Mg].[Mg]. The maximum atomic E-state index is 11.8. The lowest BCUT2D eigenvalue weighted by Crippen LogP contribution is -2.33. The predicted molar refractivity (Wildman–Crippen MR) is 107 cm³/mol. The molecule has 2 unspecified atom stereocenters. The highest BCUT2D eigenvalue weighted by atomic mass is 31.3. The van der Waals surface area contributed by atoms with Crippen molar-refractivity contribution in [1.29, 1.82) is 0 Å². The number of imidazole rings is 1. The van der Waals surface area contributed by atoms with Crippen LogP contribution in [0.5, 0.6) is 0 Å². The van der Waals surface area contributed by atoms with E-state index in [-0.39, 0.29) is 63.1 Å². The van der Waals surface area contributed by atoms with Crippen molar-refractivity contribution in [1.82, 2.24) is 19.5 Å². The molecular weight excluding hydrogens is 540 g/mol. The number of fused-ring (bicyclic) bond motifs is 1. The van der Waals surface area contributed by atoms with Gasteiger partial charge in [-0.25, -0.2) is 28.6 Å². The number of anilines is 1. The summed E-state index contributed by atoms with van der Waals surface area (Å²) in [5, 5.41) is 20.4. The number of aromatic nitrogens is 4. The molecule has 6 atom stereocenters. The Bertz CT molecular complexity index is 1120. The van der Waals surface area contributed by atoms with Crippen LogP contribution in [0, 0.1) is 0 Å². The molecule has 0 amide bonds. The maximum absolute atomic E-state index is 11.8. The van der Waals surface area contributed by atoms with Crippen LogP contribution in [-0.4, -0.2) is 120 Å². The standard InChI is InChI=1S/C10H16N5O13P3.2Mg/c11-8-5-9(13-2-12-8)15(3-14-5)10-7(17)6(16)4(26-10)1-25-30(21,22)28-31(23,24)27-29(18,19)20;;/h2-4,6-7,10,16-17H,1H2,(H,21,22)(H,23,24)(H2,11,12,13)(H2,18,19,20);;/t4-,6-,7-,10-;;/m1../s1. The quantitative estimate of drug-likeness (QED) is 0.132. The molecule has 8 N–H and O–H groups in total. The lowest BCUT2D eigenvalue weighted by molar-refractivity contribution is -0.0503. The number of nitrogen functional groups attached to an aromatic ring is 1. The van der Waals surface area contributed by atoms with E-state index in [2.05, 4.69) is 28.1 Å². The zero-order chi connectivity index (χ0) is 23.2. The fourth-order valence-electron chi connectivity index (χ4n) is 2.62. The van der Waals surface area contributed by atoms with E-state index in [0.29, 0.717) is 0 Å². The number of phosphoric ester groups is 1. The molecule has 4 radical (unpaired) electrons. The highest BCUT2D eigenvalue weighted by Gasteiger charge is 2.47. The van der Waals surface area contributed by atoms with Crippen molar-refractivity contribution >= 4 is 86.6 Å². The summed E-state index contributed by atoms with van der Waals surface area (Å²) in [6.45, 7) is -0.956. The third-order valence-electron chi connectivity index (χ3n) is 3.82. The first kappa shape index (κ1) is 31.2. The van der Waals surface area contributed by atoms with Gasteiger partial charge in [0.25, 0.3) is 0 Å². The summed E-state index contributed by atoms with van der Waals surface area (Å²) in [5.74, 6) is 0.0426. The first-order valence-electron chi connectivity index (χ1n) is 7.92. The number of rotatable bonds is 8. The molecule has 23 heteroatoms. The van der Waals surface area contributed by atoms with Gasteiger partial charge >= 0.3 is 23.5 Å². The Labute approximate surface area is 216 Å². The van der Waals surface area contributed by atoms with Gasteiger partial charge in [-0.2, -0.15) is 8.62 Å². The zero-order valence-electron chi connectivity index (χ0n) is 16.3. The molecular formula is C10H16Mg2N5O13P3. The molecule has 0 aromatic carbocycles. The summed E-state index contributed by atoms with van der Waals surface area (Å²) in [6, 6.07) is 0. The number of aliphatic hydroxyl groups excluding tert-OH is 2. The summed E-state index contributed by atoms with van der Waals surface area (Å²) in [7, 11) is -16.7. The smallest absolute Gasteiger partial charge is 0.387 e. The van der Waals surface area contributed by atoms with Gasteiger partial charge < -0.3 is 40.3 Å². The summed E-state index contributed by atoms with van der Waals surface area (Å²) < 4.78 is 51.9. The molecule has 1 saturated heterocycles. The second-order valence-electron chi connectivity index (χ2n) is 6.02. The largest absolute Gasteiger partial charge is 0.490 e. The Kier molecular flexibility index (Phi) is 10.9. The zero-order valence-corrected chi connectivity index (χ0v) is 21.8. The Morgan fingerprint density at radius 3 is 2.24 bits per heavy atom. The first-order chi connectivity index (χ1) is 14.2. The maximum Gasteiger partial charge on any atom is 0.490 e. The fourth-order valence-corrected chi connectivity index (χ4v) is 5.65. The van der Waals surface area contributed by atoms with E-state index < -0.39 is 54.6 Å². The second kappa shape index (κ2) is 11.5. The first-order valence-corrected chi connectivity index (χ1v) is 12.4. The number of hydrogen-bond acceptors (Lipinski definition) is 13. The van der Waals surface area contributed by atoms with Gasteiger partial charge in [-0.3, -0.25) is 9.09 Å². The average Bonchev–Trinajstić information content (AvgIpc) is 3.13. The van der Waals surface area contributed by atoms with Crippen LogP contribution in [-0.2, 0) is 31.6 Å². The van der Waals surface area contributed by atoms with E-state index in [1.807, 2.05) is 0 Å². The third kappa shape index (κ3) is 7.83. The molecule has 33 heavy (non-hydrogen) atoms. The van der Waals surface area contributed by atoms with Crippen LogP contribution in [0.1, 0.15) is 6.23 Å². The van der Waals surface area contributed by atoms with Crippen molar-refractivity contribution in [2.75, 3.05) is 12.3 Å². The lowest BCUT2D eigenvalue weighted by Gasteiger charge is -2.19. The van der Waals surface area contributed by atoms with E-state index in [1.165, 1.54) is 10.9 Å². The molecule has 2 aromatic heterocycles. The normalized spacial score (nSPS) is 26.7. The molecule has 0 saturated carbocycles. The molecule has 1 aliphatic heterocycles. The number of nitrogens with two attached hydrogens (primary N) is 1. The van der Waals surface area contributed by atoms with E-state index >= 15 is 0 Å². The van der Waals surface area contributed by atoms with Crippen molar-refractivity contribution in [3.8, 4) is 0 Å². The Hall–Kier alpha value is 0.172. The molecule has 0 bridgehead atoms. The van der Waals surface area contributed by atoms with Gasteiger partial charge in [-0.05, 0) is 0 Å². The van der Waals surface area contributed by atoms with Crippen LogP contribution in [0.25, 0.3) is 11.2 Å². The van der Waals surface area contributed by atoms with Crippen LogP contribution >= 0.6 is 23.5 Å². The Morgan fingerprint density at radius 1 is 1.00 bits per heavy atom. The van der Waals surface area contributed by atoms with Gasteiger partial charge in [0.05, 0.1) is 12.9 Å². The monoisotopic (exact) mass is 555 g/mol. The lowest BCUT2D eigenvalue weighted by atomic mass is 10.1. The van der Waals surface area contributed by atoms with Crippen LogP contribution in [0.3, 0.4) is 0 Å². The molecule has 3 heterocycles. The molecule has 0 aliphatic carbocycles. The Balaban J connectivity index is 0.00000272. The molecule has 2 aromatic rings. The van der Waals surface area contributed by atoms with Gasteiger partial charge in [0.1, 0.15) is 30.2 Å². The molecule has 3 rings (SSSR count). The molecule has 18 nitrogen and oxygen atoms in total. The molecule has 0 spiro atoms. The van der Waals surface area contributed by atoms with E-state index in [4.69, 9.17) is 25.2 Å². The van der Waals surface area contributed by atoms with Crippen molar-refractivity contribution in [2.45, 2.75) is 24.5 Å². The van der Waals surface area contributed by atoms with Gasteiger partial charge in [0, 0.05) is 46.1 Å². The minimum absolute atomic E-state index is 0. The fraction of sp³-hybridized carbons (Fsp3) is 0.500. The van der Waals surface area contributed by atoms with Gasteiger partial charge in [0.15, 0.2) is 17.7 Å². The summed E-state index contributed by atoms with van der Waals surface area (Å²) in [4.78, 5) is 47.2. The topological polar surface area (TPSA) is 279 Å². The van der Waals surface area contributed by atoms with E-state index in [1.54, 1.807) is 0 Å². The van der Waals surface area contributed by atoms with Gasteiger partial charge in [-0.15, -0.1) is 0 Å². The highest BCUT2D eigenvalue weighted by Crippen LogP contribution is 2.66. The van der Waals surface area contributed by atoms with E-state index in [0.717, 1.165) is 6.33 Å². The minimum atomic E-state index is -5.70. The van der Waals surface area contributed by atoms with Crippen molar-refractivity contribution < 1.29 is 61.4 Å². The minimum Gasteiger partial charge on any atom is -0.387 e. The van der Waals surface area contributed by atoms with Gasteiger partial charge in [-0.1, -0.05) is 0 Å². The van der Waals surface area contributed by atoms with Crippen LogP contribution in [0.4, 0.5) is 5.82 Å². The number of aliphatic hydroxyl groups is 2. The van der Waals surface area contributed by atoms with Crippen LogP contribution in [0.2, 0.25) is 0 Å². The summed E-state index contributed by atoms with van der Waals surface area (Å²) in [5.41, 5.74) is 6.00. The molecule has 178 valence electrons. The highest BCUT2D eigenvalue weighted by molar-refractivity contribution is 7.66. The number of nitrogens with zero attached hydrogens (tertiary/aromatic N) is 4. The number of ether oxygens (including phenoxy) is 1. The number of phosphoric acid groups is 3. The van der Waals surface area contributed by atoms with Crippen molar-refractivity contribution in [3.63, 3.8) is 0 Å². The van der Waals surface area contributed by atoms with Crippen molar-refractivity contribution in [3.05, 3.63) is 12.7 Å². The summed E-state index contributed by atoms with van der Waals surface area (Å²) >= 11 is 0. The van der Waals surface area contributed by atoms with E-state index in [9.17, 15) is 28.8 Å². The van der Waals surface area contributed by atoms with Crippen molar-refractivity contribution in [2.24, 2.45) is 0 Å².